The maximum absolute atomic E-state index is 11.0. The molecule has 0 unspecified atom stereocenters. The highest BCUT2D eigenvalue weighted by molar-refractivity contribution is 6.59. The second kappa shape index (κ2) is 8.85. The quantitative estimate of drug-likeness (QED) is 0.313. The molecule has 18 heavy (non-hydrogen) atoms. The molecule has 0 saturated heterocycles. The lowest BCUT2D eigenvalue weighted by Gasteiger charge is -2.11. The Morgan fingerprint density at radius 1 is 1.17 bits per heavy atom. The second-order valence-electron chi connectivity index (χ2n) is 2.89. The Kier molecular flexibility index (Phi) is 8.28. The molecule has 0 saturated carbocycles. The molecule has 0 aliphatic rings. The number of hydrogen-bond acceptors (Lipinski definition) is 4. The van der Waals surface area contributed by atoms with Crippen molar-refractivity contribution in [1.82, 2.24) is 10.6 Å². The van der Waals surface area contributed by atoms with Crippen LogP contribution in [-0.2, 0) is 0 Å². The van der Waals surface area contributed by atoms with Crippen LogP contribution in [0.4, 0.5) is 0 Å². The van der Waals surface area contributed by atoms with Crippen LogP contribution in [0.15, 0.2) is 46.4 Å². The van der Waals surface area contributed by atoms with Crippen LogP contribution in [-0.4, -0.2) is 18.0 Å². The van der Waals surface area contributed by atoms with E-state index in [9.17, 15) is 10.1 Å². The Balaban J connectivity index is 5.52. The van der Waals surface area contributed by atoms with Crippen molar-refractivity contribution in [3.63, 3.8) is 0 Å². The molecule has 8 heteroatoms. The summed E-state index contributed by atoms with van der Waals surface area (Å²) < 4.78 is -0.387. The number of nitrogens with zero attached hydrogens (tertiary/aromatic N) is 1. The van der Waals surface area contributed by atoms with Crippen LogP contribution in [0.2, 0.25) is 0 Å². The highest BCUT2D eigenvalue weighted by Gasteiger charge is 2.24. The van der Waals surface area contributed by atoms with Crippen molar-refractivity contribution in [3.05, 3.63) is 56.5 Å². The highest BCUT2D eigenvalue weighted by Crippen LogP contribution is 2.26. The van der Waals surface area contributed by atoms with Crippen LogP contribution in [0.1, 0.15) is 0 Å². The highest BCUT2D eigenvalue weighted by atomic mass is 35.5. The number of halogens is 3. The first kappa shape index (κ1) is 16.8. The Morgan fingerprint density at radius 3 is 1.89 bits per heavy atom. The fourth-order valence-corrected chi connectivity index (χ4v) is 1.29. The van der Waals surface area contributed by atoms with E-state index in [0.29, 0.717) is 13.1 Å². The van der Waals surface area contributed by atoms with Crippen molar-refractivity contribution in [2.45, 2.75) is 0 Å². The molecule has 0 aromatic carbocycles. The molecule has 0 fully saturated rings. The summed E-state index contributed by atoms with van der Waals surface area (Å²) in [5.74, 6) is 0.0867. The van der Waals surface area contributed by atoms with Gasteiger partial charge in [-0.3, -0.25) is 10.1 Å². The molecule has 0 bridgehead atoms. The van der Waals surface area contributed by atoms with Crippen LogP contribution < -0.4 is 10.6 Å². The number of rotatable bonds is 8. The number of nitrogens with one attached hydrogen (secondary N) is 2. The smallest absolute Gasteiger partial charge is 0.329 e. The normalized spacial score (nSPS) is 9.06. The summed E-state index contributed by atoms with van der Waals surface area (Å²) in [5.41, 5.74) is -0.444. The predicted octanol–water partition coefficient (Wildman–Crippen LogP) is 2.87. The van der Waals surface area contributed by atoms with Crippen LogP contribution in [0.5, 0.6) is 0 Å². The van der Waals surface area contributed by atoms with Crippen LogP contribution in [0, 0.1) is 10.1 Å². The lowest BCUT2D eigenvalue weighted by Crippen LogP contribution is -2.30. The Morgan fingerprint density at radius 2 is 1.61 bits per heavy atom. The van der Waals surface area contributed by atoms with Gasteiger partial charge in [-0.05, 0) is 0 Å². The van der Waals surface area contributed by atoms with Gasteiger partial charge in [-0.25, -0.2) is 0 Å². The Labute approximate surface area is 120 Å². The second-order valence-corrected chi connectivity index (χ2v) is 4.22. The van der Waals surface area contributed by atoms with E-state index < -0.39 is 10.6 Å². The molecule has 0 aromatic heterocycles. The molecule has 0 heterocycles. The van der Waals surface area contributed by atoms with Crippen LogP contribution >= 0.6 is 34.8 Å². The number of hydrogen-bond donors (Lipinski definition) is 2. The van der Waals surface area contributed by atoms with Crippen molar-refractivity contribution in [3.8, 4) is 0 Å². The van der Waals surface area contributed by atoms with E-state index >= 15 is 0 Å². The zero-order valence-corrected chi connectivity index (χ0v) is 11.6. The van der Waals surface area contributed by atoms with Gasteiger partial charge in [0, 0.05) is 13.1 Å². The van der Waals surface area contributed by atoms with Crippen molar-refractivity contribution in [1.29, 1.82) is 0 Å². The third kappa shape index (κ3) is 5.44. The molecule has 0 rings (SSSR count). The molecule has 0 amide bonds. The average Bonchev–Trinajstić information content (AvgIpc) is 2.31. The molecule has 0 spiro atoms. The Hall–Kier alpha value is -1.17. The summed E-state index contributed by atoms with van der Waals surface area (Å²) in [6, 6.07) is 0. The molecule has 0 aliphatic carbocycles. The van der Waals surface area contributed by atoms with Gasteiger partial charge in [0.15, 0.2) is 10.9 Å². The van der Waals surface area contributed by atoms with Gasteiger partial charge in [0.2, 0.25) is 0 Å². The van der Waals surface area contributed by atoms with E-state index in [1.807, 2.05) is 0 Å². The third-order valence-electron chi connectivity index (χ3n) is 1.64. The molecule has 0 atom stereocenters. The number of allylic oxidation sites excluding steroid dienone is 1. The summed E-state index contributed by atoms with van der Waals surface area (Å²) in [4.78, 5) is 10.3. The molecule has 0 radical (unpaired) electrons. The maximum atomic E-state index is 11.0. The maximum Gasteiger partial charge on any atom is 0.329 e. The van der Waals surface area contributed by atoms with Crippen LogP contribution in [0.25, 0.3) is 0 Å². The van der Waals surface area contributed by atoms with E-state index in [-0.39, 0.29) is 15.3 Å². The van der Waals surface area contributed by atoms with Gasteiger partial charge in [0.1, 0.15) is 4.49 Å². The fraction of sp³-hybridized carbons (Fsp3) is 0.200. The topological polar surface area (TPSA) is 67.2 Å². The molecule has 5 nitrogen and oxygen atoms in total. The minimum absolute atomic E-state index is 0.0867. The predicted molar refractivity (Wildman–Crippen MR) is 75.0 cm³/mol. The summed E-state index contributed by atoms with van der Waals surface area (Å²) >= 11 is 16.6. The lowest BCUT2D eigenvalue weighted by atomic mass is 10.4. The molecule has 2 N–H and O–H groups in total. The fourth-order valence-electron chi connectivity index (χ4n) is 0.949. The van der Waals surface area contributed by atoms with Gasteiger partial charge >= 0.3 is 5.70 Å². The number of nitro groups is 1. The first-order chi connectivity index (χ1) is 8.45. The van der Waals surface area contributed by atoms with Gasteiger partial charge in [-0.15, -0.1) is 13.2 Å². The van der Waals surface area contributed by atoms with Crippen molar-refractivity contribution >= 4 is 34.8 Å². The molecular weight excluding hydrogens is 300 g/mol. The molecular formula is C10H12Cl3N3O2. The van der Waals surface area contributed by atoms with E-state index in [4.69, 9.17) is 34.8 Å². The van der Waals surface area contributed by atoms with Crippen LogP contribution in [0.3, 0.4) is 0 Å². The first-order valence-corrected chi connectivity index (χ1v) is 5.88. The van der Waals surface area contributed by atoms with Crippen molar-refractivity contribution in [2.75, 3.05) is 13.1 Å². The monoisotopic (exact) mass is 311 g/mol. The van der Waals surface area contributed by atoms with Gasteiger partial charge in [-0.1, -0.05) is 47.0 Å². The molecule has 100 valence electrons. The summed E-state index contributed by atoms with van der Waals surface area (Å²) in [7, 11) is 0. The third-order valence-corrected chi connectivity index (χ3v) is 2.58. The van der Waals surface area contributed by atoms with Gasteiger partial charge in [0.05, 0.1) is 4.92 Å². The minimum atomic E-state index is -0.686. The lowest BCUT2D eigenvalue weighted by molar-refractivity contribution is -0.421. The minimum Gasteiger partial charge on any atom is -0.363 e. The van der Waals surface area contributed by atoms with E-state index in [1.54, 1.807) is 0 Å². The van der Waals surface area contributed by atoms with E-state index in [2.05, 4.69) is 23.8 Å². The Bertz CT molecular complexity index is 387. The molecule has 0 aromatic rings. The van der Waals surface area contributed by atoms with Gasteiger partial charge < -0.3 is 10.6 Å². The first-order valence-electron chi connectivity index (χ1n) is 4.75. The average molecular weight is 313 g/mol. The summed E-state index contributed by atoms with van der Waals surface area (Å²) in [6.07, 6.45) is 3.07. The van der Waals surface area contributed by atoms with Gasteiger partial charge in [-0.2, -0.15) is 0 Å². The van der Waals surface area contributed by atoms with Crippen molar-refractivity contribution < 1.29 is 4.92 Å². The van der Waals surface area contributed by atoms with E-state index in [0.717, 1.165) is 0 Å². The summed E-state index contributed by atoms with van der Waals surface area (Å²) in [6.45, 7) is 7.61. The zero-order valence-electron chi connectivity index (χ0n) is 9.38. The standard InChI is InChI=1S/C10H12Cl3N3O2/c1-3-5-14-10(15-6-4-2)8(16(17)18)7(11)9(12)13/h3-4,14-15H,1-2,5-6H2. The largest absolute Gasteiger partial charge is 0.363 e. The summed E-state index contributed by atoms with van der Waals surface area (Å²) in [5, 5.41) is 16.1. The van der Waals surface area contributed by atoms with E-state index in [1.165, 1.54) is 12.2 Å². The zero-order chi connectivity index (χ0) is 14.1. The SMILES string of the molecule is C=CCNC(NCC=C)=C(C(Cl)=C(Cl)Cl)[N+](=O)[O-]. The van der Waals surface area contributed by atoms with Gasteiger partial charge in [0.25, 0.3) is 0 Å². The van der Waals surface area contributed by atoms with Crippen molar-refractivity contribution in [2.24, 2.45) is 0 Å². The molecule has 0 aliphatic heterocycles.